The molecule has 3 aromatic heterocycles. The first-order chi connectivity index (χ1) is 22.2. The molecule has 3 heterocycles. The highest BCUT2D eigenvalue weighted by atomic mass is 15.0. The molecule has 0 bridgehead atoms. The van der Waals surface area contributed by atoms with E-state index in [9.17, 15) is 5.26 Å². The predicted octanol–water partition coefficient (Wildman–Crippen LogP) is 9.51. The van der Waals surface area contributed by atoms with Crippen LogP contribution >= 0.6 is 0 Å². The van der Waals surface area contributed by atoms with Crippen LogP contribution in [0.1, 0.15) is 5.56 Å². The summed E-state index contributed by atoms with van der Waals surface area (Å²) < 4.78 is 2.31. The number of hydrogen-bond donors (Lipinski definition) is 0. The Morgan fingerprint density at radius 1 is 0.489 bits per heavy atom. The Bertz CT molecular complexity index is 2290. The van der Waals surface area contributed by atoms with Crippen molar-refractivity contribution in [3.05, 3.63) is 157 Å². The number of nitriles is 1. The molecule has 5 nitrogen and oxygen atoms in total. The van der Waals surface area contributed by atoms with Gasteiger partial charge in [-0.25, -0.2) is 9.97 Å². The molecule has 5 heteroatoms. The van der Waals surface area contributed by atoms with Crippen molar-refractivity contribution in [2.45, 2.75) is 0 Å². The fourth-order valence-corrected chi connectivity index (χ4v) is 5.89. The minimum Gasteiger partial charge on any atom is -0.309 e. The quantitative estimate of drug-likeness (QED) is 0.205. The van der Waals surface area contributed by atoms with Crippen LogP contribution in [-0.2, 0) is 0 Å². The number of nitrogens with zero attached hydrogens (tertiary/aromatic N) is 5. The lowest BCUT2D eigenvalue weighted by atomic mass is 10.0. The van der Waals surface area contributed by atoms with Gasteiger partial charge in [0.25, 0.3) is 0 Å². The van der Waals surface area contributed by atoms with E-state index in [1.165, 1.54) is 21.8 Å². The molecule has 0 N–H and O–H groups in total. The van der Waals surface area contributed by atoms with E-state index >= 15 is 0 Å². The van der Waals surface area contributed by atoms with Crippen molar-refractivity contribution in [3.63, 3.8) is 0 Å². The SMILES string of the molecule is N#Cc1ccc(-c2nc(-c3ccc(-c4ccccn4)cc3)cc(-c3ccc(-n4c5ccccc5c5ccccc54)cc3)n2)cc1. The lowest BCUT2D eigenvalue weighted by Crippen LogP contribution is -1.97. The number of fused-ring (bicyclic) bond motifs is 3. The lowest BCUT2D eigenvalue weighted by Gasteiger charge is -2.12. The summed E-state index contributed by atoms with van der Waals surface area (Å²) in [6, 6.07) is 51.4. The van der Waals surface area contributed by atoms with Gasteiger partial charge in [-0.15, -0.1) is 0 Å². The van der Waals surface area contributed by atoms with Crippen molar-refractivity contribution in [1.82, 2.24) is 19.5 Å². The van der Waals surface area contributed by atoms with Crippen molar-refractivity contribution in [2.24, 2.45) is 0 Å². The Morgan fingerprint density at radius 3 is 1.56 bits per heavy atom. The van der Waals surface area contributed by atoms with E-state index in [2.05, 4.69) is 113 Å². The maximum absolute atomic E-state index is 9.31. The number of benzene rings is 5. The van der Waals surface area contributed by atoms with Crippen LogP contribution in [0.4, 0.5) is 0 Å². The molecule has 0 aliphatic heterocycles. The third-order valence-electron chi connectivity index (χ3n) is 8.14. The van der Waals surface area contributed by atoms with Crippen LogP contribution in [0, 0.1) is 11.3 Å². The van der Waals surface area contributed by atoms with Crippen LogP contribution in [0.5, 0.6) is 0 Å². The van der Waals surface area contributed by atoms with Crippen LogP contribution in [0.3, 0.4) is 0 Å². The molecule has 0 aliphatic rings. The van der Waals surface area contributed by atoms with Crippen molar-refractivity contribution >= 4 is 21.8 Å². The molecule has 0 radical (unpaired) electrons. The Balaban J connectivity index is 1.23. The second-order valence-electron chi connectivity index (χ2n) is 10.9. The fourth-order valence-electron chi connectivity index (χ4n) is 5.89. The van der Waals surface area contributed by atoms with Gasteiger partial charge in [0, 0.05) is 44.9 Å². The largest absolute Gasteiger partial charge is 0.309 e. The Labute approximate surface area is 260 Å². The lowest BCUT2D eigenvalue weighted by molar-refractivity contribution is 1.17. The minimum atomic E-state index is 0.598. The number of hydrogen-bond acceptors (Lipinski definition) is 4. The monoisotopic (exact) mass is 575 g/mol. The van der Waals surface area contributed by atoms with E-state index in [1.807, 2.05) is 36.4 Å². The normalized spacial score (nSPS) is 11.1. The predicted molar refractivity (Wildman–Crippen MR) is 181 cm³/mol. The smallest absolute Gasteiger partial charge is 0.160 e. The van der Waals surface area contributed by atoms with Gasteiger partial charge < -0.3 is 4.57 Å². The minimum absolute atomic E-state index is 0.598. The molecule has 0 unspecified atom stereocenters. The van der Waals surface area contributed by atoms with E-state index in [-0.39, 0.29) is 0 Å². The molecule has 0 amide bonds. The van der Waals surface area contributed by atoms with Gasteiger partial charge in [0.05, 0.1) is 39.7 Å². The molecule has 8 rings (SSSR count). The molecule has 0 saturated carbocycles. The van der Waals surface area contributed by atoms with Crippen LogP contribution in [0.25, 0.3) is 72.7 Å². The zero-order valence-corrected chi connectivity index (χ0v) is 24.2. The molecule has 0 aliphatic carbocycles. The first-order valence-corrected chi connectivity index (χ1v) is 14.8. The first kappa shape index (κ1) is 26.3. The maximum atomic E-state index is 9.31. The van der Waals surface area contributed by atoms with Gasteiger partial charge in [0.15, 0.2) is 5.82 Å². The van der Waals surface area contributed by atoms with Crippen LogP contribution in [0.15, 0.2) is 152 Å². The Morgan fingerprint density at radius 2 is 1.00 bits per heavy atom. The molecule has 0 fully saturated rings. The summed E-state index contributed by atoms with van der Waals surface area (Å²) in [7, 11) is 0. The summed E-state index contributed by atoms with van der Waals surface area (Å²) in [6.45, 7) is 0. The summed E-state index contributed by atoms with van der Waals surface area (Å²) in [5, 5.41) is 11.8. The first-order valence-electron chi connectivity index (χ1n) is 14.8. The second kappa shape index (κ2) is 11.0. The molecule has 210 valence electrons. The fraction of sp³-hybridized carbons (Fsp3) is 0. The molecule has 8 aromatic rings. The third kappa shape index (κ3) is 4.81. The zero-order valence-electron chi connectivity index (χ0n) is 24.2. The van der Waals surface area contributed by atoms with Crippen LogP contribution in [0.2, 0.25) is 0 Å². The van der Waals surface area contributed by atoms with E-state index in [1.54, 1.807) is 18.3 Å². The van der Waals surface area contributed by atoms with Crippen LogP contribution < -0.4 is 0 Å². The van der Waals surface area contributed by atoms with Crippen molar-refractivity contribution in [3.8, 4) is 56.9 Å². The Kier molecular flexibility index (Phi) is 6.44. The summed E-state index contributed by atoms with van der Waals surface area (Å²) in [6.07, 6.45) is 1.80. The van der Waals surface area contributed by atoms with Gasteiger partial charge in [-0.05, 0) is 66.7 Å². The van der Waals surface area contributed by atoms with E-state index in [0.717, 1.165) is 45.0 Å². The standard InChI is InChI=1S/C40H25N5/c41-26-27-12-14-31(15-13-27)40-43-36(29-18-16-28(17-19-29)35-9-5-6-24-42-35)25-37(44-40)30-20-22-32(23-21-30)45-38-10-3-1-7-33(38)34-8-2-4-11-39(34)45/h1-25H. The van der Waals surface area contributed by atoms with E-state index < -0.39 is 0 Å². The number of aromatic nitrogens is 4. The molecule has 0 atom stereocenters. The highest BCUT2D eigenvalue weighted by Crippen LogP contribution is 2.33. The van der Waals surface area contributed by atoms with Gasteiger partial charge in [0.1, 0.15) is 0 Å². The maximum Gasteiger partial charge on any atom is 0.160 e. The van der Waals surface area contributed by atoms with E-state index in [4.69, 9.17) is 9.97 Å². The average Bonchev–Trinajstić information content (AvgIpc) is 3.46. The molecular formula is C40H25N5. The van der Waals surface area contributed by atoms with Crippen molar-refractivity contribution in [2.75, 3.05) is 0 Å². The van der Waals surface area contributed by atoms with Gasteiger partial charge in [0.2, 0.25) is 0 Å². The number of rotatable bonds is 5. The zero-order chi connectivity index (χ0) is 30.2. The average molecular weight is 576 g/mol. The topological polar surface area (TPSA) is 67.4 Å². The molecule has 5 aromatic carbocycles. The molecular weight excluding hydrogens is 550 g/mol. The van der Waals surface area contributed by atoms with Gasteiger partial charge in [-0.3, -0.25) is 4.98 Å². The molecule has 45 heavy (non-hydrogen) atoms. The van der Waals surface area contributed by atoms with Gasteiger partial charge in [-0.1, -0.05) is 78.9 Å². The van der Waals surface area contributed by atoms with Crippen molar-refractivity contribution in [1.29, 1.82) is 5.26 Å². The van der Waals surface area contributed by atoms with E-state index in [0.29, 0.717) is 11.4 Å². The third-order valence-corrected chi connectivity index (χ3v) is 8.14. The molecule has 0 saturated heterocycles. The van der Waals surface area contributed by atoms with Crippen molar-refractivity contribution < 1.29 is 0 Å². The Hall–Kier alpha value is -6.38. The highest BCUT2D eigenvalue weighted by molar-refractivity contribution is 6.09. The van der Waals surface area contributed by atoms with Gasteiger partial charge in [-0.2, -0.15) is 5.26 Å². The summed E-state index contributed by atoms with van der Waals surface area (Å²) in [4.78, 5) is 14.5. The van der Waals surface area contributed by atoms with Crippen LogP contribution in [-0.4, -0.2) is 19.5 Å². The molecule has 0 spiro atoms. The second-order valence-corrected chi connectivity index (χ2v) is 10.9. The summed E-state index contributed by atoms with van der Waals surface area (Å²) >= 11 is 0. The number of para-hydroxylation sites is 2. The summed E-state index contributed by atoms with van der Waals surface area (Å²) in [5.74, 6) is 0.604. The van der Waals surface area contributed by atoms with Gasteiger partial charge >= 0.3 is 0 Å². The summed E-state index contributed by atoms with van der Waals surface area (Å²) in [5.41, 5.74) is 10.5. The highest BCUT2D eigenvalue weighted by Gasteiger charge is 2.14. The number of pyridine rings is 1.